The van der Waals surface area contributed by atoms with Crippen molar-refractivity contribution in [3.05, 3.63) is 241 Å². The van der Waals surface area contributed by atoms with Crippen LogP contribution in [0.1, 0.15) is 43.5 Å². The minimum Gasteiger partial charge on any atom is -0.486 e. The van der Waals surface area contributed by atoms with Gasteiger partial charge in [-0.3, -0.25) is 19.6 Å². The predicted molar refractivity (Wildman–Crippen MR) is 340 cm³/mol. The lowest BCUT2D eigenvalue weighted by Gasteiger charge is -2.15. The van der Waals surface area contributed by atoms with E-state index in [9.17, 15) is 9.59 Å². The van der Waals surface area contributed by atoms with Gasteiger partial charge in [0.2, 0.25) is 0 Å². The molecule has 5 aromatic heterocycles. The fourth-order valence-corrected chi connectivity index (χ4v) is 11.0. The Balaban J connectivity index is 1.06. The molecule has 11 aromatic rings. The first kappa shape index (κ1) is 51.8. The first-order valence-corrected chi connectivity index (χ1v) is 27.1. The number of amides is 2. The maximum Gasteiger partial charge on any atom is 0.259 e. The summed E-state index contributed by atoms with van der Waals surface area (Å²) in [6, 6.07) is 53.4. The van der Waals surface area contributed by atoms with Crippen LogP contribution in [-0.4, -0.2) is 54.9 Å². The molecule has 0 saturated carbocycles. The van der Waals surface area contributed by atoms with Gasteiger partial charge in [-0.1, -0.05) is 122 Å². The van der Waals surface area contributed by atoms with Crippen molar-refractivity contribution in [1.82, 2.24) is 29.9 Å². The van der Waals surface area contributed by atoms with Crippen LogP contribution in [0.5, 0.6) is 11.5 Å². The molecule has 13 rings (SSSR count). The average molecular weight is 1100 g/mol. The zero-order chi connectivity index (χ0) is 57.3. The molecule has 8 N–H and O–H groups in total. The zero-order valence-electron chi connectivity index (χ0n) is 45.2. The van der Waals surface area contributed by atoms with Crippen molar-refractivity contribution in [3.8, 4) is 56.0 Å². The molecule has 14 heteroatoms. The molecule has 8 bridgehead atoms. The van der Waals surface area contributed by atoms with E-state index in [2.05, 4.69) is 43.7 Å². The van der Waals surface area contributed by atoms with Gasteiger partial charge in [-0.15, -0.1) is 0 Å². The lowest BCUT2D eigenvalue weighted by Crippen LogP contribution is -2.15. The molecule has 0 unspecified atom stereocenters. The van der Waals surface area contributed by atoms with Gasteiger partial charge in [0.05, 0.1) is 33.9 Å². The molecule has 6 aromatic carbocycles. The van der Waals surface area contributed by atoms with Gasteiger partial charge in [-0.25, -0.2) is 9.97 Å². The van der Waals surface area contributed by atoms with Gasteiger partial charge in [-0.2, -0.15) is 0 Å². The topological polar surface area (TPSA) is 212 Å². The number of pyridine rings is 2. The second-order valence-electron chi connectivity index (χ2n) is 19.9. The molecule has 2 aliphatic heterocycles. The van der Waals surface area contributed by atoms with E-state index in [1.807, 2.05) is 182 Å². The second-order valence-corrected chi connectivity index (χ2v) is 19.9. The molecule has 0 spiro atoms. The van der Waals surface area contributed by atoms with E-state index < -0.39 is 11.8 Å². The van der Waals surface area contributed by atoms with Crippen LogP contribution in [0.2, 0.25) is 0 Å². The van der Waals surface area contributed by atoms with Crippen molar-refractivity contribution in [2.45, 2.75) is 0 Å². The number of carbonyl (C=O) groups is 2. The van der Waals surface area contributed by atoms with E-state index in [1.165, 1.54) is 0 Å². The fourth-order valence-electron chi connectivity index (χ4n) is 11.0. The number of aromatic amines is 2. The van der Waals surface area contributed by atoms with E-state index in [4.69, 9.17) is 30.9 Å². The number of carbonyl (C=O) groups excluding carboxylic acids is 2. The minimum atomic E-state index is -0.399. The highest BCUT2D eigenvalue weighted by atomic mass is 16.5. The van der Waals surface area contributed by atoms with Gasteiger partial charge < -0.3 is 41.5 Å². The van der Waals surface area contributed by atoms with Crippen molar-refractivity contribution >= 4 is 103 Å². The summed E-state index contributed by atoms with van der Waals surface area (Å²) >= 11 is 0. The summed E-state index contributed by atoms with van der Waals surface area (Å²) in [5.41, 5.74) is 28.6. The quantitative estimate of drug-likeness (QED) is 0.0448. The number of benzene rings is 6. The van der Waals surface area contributed by atoms with Crippen LogP contribution in [0.25, 0.3) is 113 Å². The number of hydrogen-bond donors (Lipinski definition) is 6. The first-order chi connectivity index (χ1) is 41.2. The highest BCUT2D eigenvalue weighted by Crippen LogP contribution is 2.43. The number of para-hydroxylation sites is 4. The monoisotopic (exact) mass is 1100 g/mol. The molecule has 0 aliphatic carbocycles. The van der Waals surface area contributed by atoms with Gasteiger partial charge in [-0.05, 0) is 97.1 Å². The van der Waals surface area contributed by atoms with Crippen LogP contribution < -0.4 is 31.6 Å². The molecule has 0 radical (unpaired) electrons. The fraction of sp³-hybridized carbons (Fsp3) is 0.0286. The molecule has 2 amide bonds. The molecule has 2 aliphatic rings. The molecule has 7 heterocycles. The van der Waals surface area contributed by atoms with Crippen LogP contribution in [0.4, 0.5) is 22.7 Å². The minimum absolute atomic E-state index is 0.171. The number of hydrogen-bond acceptors (Lipinski definition) is 10. The van der Waals surface area contributed by atoms with Crippen molar-refractivity contribution in [2.24, 2.45) is 0 Å². The molecule has 0 fully saturated rings. The highest BCUT2D eigenvalue weighted by Gasteiger charge is 2.25. The number of fused-ring (bicyclic) bond motifs is 10. The van der Waals surface area contributed by atoms with Crippen molar-refractivity contribution in [2.75, 3.05) is 35.3 Å². The molecule has 84 heavy (non-hydrogen) atoms. The van der Waals surface area contributed by atoms with Crippen LogP contribution in [0.15, 0.2) is 208 Å². The van der Waals surface area contributed by atoms with Gasteiger partial charge in [0.1, 0.15) is 24.2 Å². The third-order valence-electron chi connectivity index (χ3n) is 14.7. The van der Waals surface area contributed by atoms with Crippen molar-refractivity contribution in [3.63, 3.8) is 0 Å². The Bertz CT molecular complexity index is 4470. The Morgan fingerprint density at radius 2 is 0.798 bits per heavy atom. The van der Waals surface area contributed by atoms with E-state index in [-0.39, 0.29) is 13.2 Å². The lowest BCUT2D eigenvalue weighted by molar-refractivity contribution is 0.101. The predicted octanol–water partition coefficient (Wildman–Crippen LogP) is 15.2. The summed E-state index contributed by atoms with van der Waals surface area (Å²) < 4.78 is 12.3. The first-order valence-electron chi connectivity index (χ1n) is 27.1. The van der Waals surface area contributed by atoms with Crippen molar-refractivity contribution in [1.29, 1.82) is 0 Å². The Hall–Kier alpha value is -11.6. The zero-order valence-corrected chi connectivity index (χ0v) is 45.2. The Kier molecular flexibility index (Phi) is 13.6. The SMILES string of the molecule is C=CCOc1c(C(=O)Nc2ccccc2-c2c3nc(c(-c4ccccc4N)c4ccc([nH]4)c(-c4ccccc4NC(=O)c4ccc5cccnc5c4OCC=C)c4nc(c(-c5ccccc5N)c5ccc2[nH]5)C=C4)C=C3)ccc2cccnc12. The van der Waals surface area contributed by atoms with E-state index >= 15 is 0 Å². The number of nitrogens with zero attached hydrogens (tertiary/aromatic N) is 4. The molecule has 406 valence electrons. The highest BCUT2D eigenvalue weighted by molar-refractivity contribution is 6.14. The molecule has 0 saturated heterocycles. The normalized spacial score (nSPS) is 11.6. The summed E-state index contributed by atoms with van der Waals surface area (Å²) in [5, 5.41) is 8.13. The Labute approximate surface area is 482 Å². The number of aromatic nitrogens is 6. The number of nitrogens with one attached hydrogen (secondary N) is 4. The van der Waals surface area contributed by atoms with E-state index in [1.54, 1.807) is 36.7 Å². The number of rotatable bonds is 14. The summed E-state index contributed by atoms with van der Waals surface area (Å²) in [6.45, 7) is 8.02. The van der Waals surface area contributed by atoms with Gasteiger partial charge in [0, 0.05) is 112 Å². The molecule has 0 atom stereocenters. The van der Waals surface area contributed by atoms with Gasteiger partial charge in [0.25, 0.3) is 11.8 Å². The van der Waals surface area contributed by atoms with E-state index in [0.29, 0.717) is 124 Å². The Morgan fingerprint density at radius 3 is 1.18 bits per heavy atom. The molecular formula is C70H52N10O4. The maximum absolute atomic E-state index is 14.7. The molecule has 14 nitrogen and oxygen atoms in total. The summed E-state index contributed by atoms with van der Waals surface area (Å²) in [7, 11) is 0. The summed E-state index contributed by atoms with van der Waals surface area (Å²) in [6.07, 6.45) is 14.5. The third-order valence-corrected chi connectivity index (χ3v) is 14.7. The number of nitrogen functional groups attached to an aromatic ring is 2. The van der Waals surface area contributed by atoms with Crippen molar-refractivity contribution < 1.29 is 19.1 Å². The van der Waals surface area contributed by atoms with Crippen LogP contribution >= 0.6 is 0 Å². The largest absolute Gasteiger partial charge is 0.486 e. The summed E-state index contributed by atoms with van der Waals surface area (Å²) in [4.78, 5) is 57.2. The number of ether oxygens (including phenoxy) is 2. The lowest BCUT2D eigenvalue weighted by atomic mass is 10.0. The third kappa shape index (κ3) is 9.54. The standard InChI is InChI=1S/C70H52N10O4/c1-3-39-83-67-47(27-25-41-15-13-37-73-65(41)67)69(81)79-51-23-11-7-19-45(51)63-57-33-29-53(75-57)61(43-17-5-9-21-49(43)71)55-31-35-59(77-55)64(60-36-32-56(78-60)62(54-30-34-58(63)76-54)44-18-6-10-22-50(44)72)46-20-8-12-24-52(46)80-70(82)48-28-26-42-16-14-38-74-66(42)68(48)84-40-4-2/h3-38,75,78H,1-2,39-40,71-72H2,(H,79,81)(H,80,82). The average Bonchev–Trinajstić information content (AvgIpc) is 4.53. The number of H-pyrrole nitrogens is 2. The molecular weight excluding hydrogens is 1040 g/mol. The van der Waals surface area contributed by atoms with E-state index in [0.717, 1.165) is 33.0 Å². The van der Waals surface area contributed by atoms with Gasteiger partial charge >= 0.3 is 0 Å². The number of anilines is 4. The van der Waals surface area contributed by atoms with Gasteiger partial charge in [0.15, 0.2) is 11.5 Å². The van der Waals surface area contributed by atoms with Crippen LogP contribution in [0, 0.1) is 0 Å². The maximum atomic E-state index is 14.7. The van der Waals surface area contributed by atoms with Crippen LogP contribution in [-0.2, 0) is 0 Å². The smallest absolute Gasteiger partial charge is 0.259 e. The second kappa shape index (κ2) is 22.1. The van der Waals surface area contributed by atoms with Crippen LogP contribution in [0.3, 0.4) is 0 Å². The Morgan fingerprint density at radius 1 is 0.440 bits per heavy atom. The number of nitrogens with two attached hydrogens (primary N) is 2. The summed E-state index contributed by atoms with van der Waals surface area (Å²) in [5.74, 6) is -0.105.